The molecule has 0 spiro atoms. The number of piperazine rings is 1. The van der Waals surface area contributed by atoms with Crippen molar-refractivity contribution in [1.82, 2.24) is 20.2 Å². The molecule has 0 bridgehead atoms. The number of hydrogen-bond donors (Lipinski definition) is 2. The molecule has 2 heterocycles. The number of amides is 1. The fourth-order valence-electron chi connectivity index (χ4n) is 1.76. The Labute approximate surface area is 111 Å². The molecule has 0 radical (unpaired) electrons. The molecule has 1 aliphatic heterocycles. The number of anilines is 1. The van der Waals surface area contributed by atoms with Gasteiger partial charge in [-0.05, 0) is 6.92 Å². The van der Waals surface area contributed by atoms with Crippen LogP contribution in [0.2, 0.25) is 5.02 Å². The first-order valence-electron chi connectivity index (χ1n) is 5.88. The standard InChI is InChI=1S/C11H16ClN5O/c1-8-14-6-9(12)11(16-8)15-7-10(18)17-4-2-13-3-5-17/h6,13H,2-5,7H2,1H3,(H,14,15,16). The summed E-state index contributed by atoms with van der Waals surface area (Å²) in [7, 11) is 0. The number of aromatic nitrogens is 2. The first kappa shape index (κ1) is 13.0. The van der Waals surface area contributed by atoms with Gasteiger partial charge in [0.05, 0.1) is 12.7 Å². The molecule has 0 atom stereocenters. The number of halogens is 1. The predicted molar refractivity (Wildman–Crippen MR) is 69.7 cm³/mol. The van der Waals surface area contributed by atoms with Crippen molar-refractivity contribution in [2.75, 3.05) is 38.0 Å². The number of carbonyl (C=O) groups excluding carboxylic acids is 1. The van der Waals surface area contributed by atoms with Crippen molar-refractivity contribution in [1.29, 1.82) is 0 Å². The van der Waals surface area contributed by atoms with Crippen molar-refractivity contribution in [3.63, 3.8) is 0 Å². The first-order chi connectivity index (χ1) is 8.66. The highest BCUT2D eigenvalue weighted by atomic mass is 35.5. The van der Waals surface area contributed by atoms with Crippen molar-refractivity contribution in [2.24, 2.45) is 0 Å². The van der Waals surface area contributed by atoms with E-state index < -0.39 is 0 Å². The van der Waals surface area contributed by atoms with Crippen LogP contribution in [0.25, 0.3) is 0 Å². The highest BCUT2D eigenvalue weighted by Crippen LogP contribution is 2.17. The molecule has 98 valence electrons. The Bertz CT molecular complexity index is 433. The minimum atomic E-state index is 0.0591. The Hall–Kier alpha value is -1.40. The van der Waals surface area contributed by atoms with Crippen molar-refractivity contribution >= 4 is 23.3 Å². The number of nitrogens with zero attached hydrogens (tertiary/aromatic N) is 3. The number of nitrogens with one attached hydrogen (secondary N) is 2. The molecule has 1 amide bonds. The van der Waals surface area contributed by atoms with E-state index in [0.717, 1.165) is 26.2 Å². The molecule has 18 heavy (non-hydrogen) atoms. The van der Waals surface area contributed by atoms with Crippen LogP contribution in [0.3, 0.4) is 0 Å². The summed E-state index contributed by atoms with van der Waals surface area (Å²) in [6.45, 7) is 5.17. The van der Waals surface area contributed by atoms with Gasteiger partial charge < -0.3 is 15.5 Å². The fourth-order valence-corrected chi connectivity index (χ4v) is 1.92. The average Bonchev–Trinajstić information content (AvgIpc) is 2.40. The van der Waals surface area contributed by atoms with Crippen molar-refractivity contribution in [3.8, 4) is 0 Å². The van der Waals surface area contributed by atoms with Crippen LogP contribution in [-0.2, 0) is 4.79 Å². The van der Waals surface area contributed by atoms with Gasteiger partial charge in [0, 0.05) is 26.2 Å². The average molecular weight is 270 g/mol. The Morgan fingerprint density at radius 3 is 3.00 bits per heavy atom. The van der Waals surface area contributed by atoms with Crippen molar-refractivity contribution in [3.05, 3.63) is 17.0 Å². The maximum Gasteiger partial charge on any atom is 0.242 e. The van der Waals surface area contributed by atoms with Crippen LogP contribution in [-0.4, -0.2) is 53.5 Å². The van der Waals surface area contributed by atoms with E-state index in [-0.39, 0.29) is 12.5 Å². The summed E-state index contributed by atoms with van der Waals surface area (Å²) in [6.07, 6.45) is 1.53. The van der Waals surface area contributed by atoms with Gasteiger partial charge in [-0.15, -0.1) is 0 Å². The molecular formula is C11H16ClN5O. The molecule has 1 fully saturated rings. The molecule has 0 unspecified atom stereocenters. The van der Waals surface area contributed by atoms with E-state index in [4.69, 9.17) is 11.6 Å². The van der Waals surface area contributed by atoms with E-state index in [1.54, 1.807) is 6.92 Å². The van der Waals surface area contributed by atoms with Crippen LogP contribution in [0.1, 0.15) is 5.82 Å². The summed E-state index contributed by atoms with van der Waals surface area (Å²) in [4.78, 5) is 21.9. The monoisotopic (exact) mass is 269 g/mol. The van der Waals surface area contributed by atoms with Gasteiger partial charge in [0.25, 0.3) is 0 Å². The first-order valence-corrected chi connectivity index (χ1v) is 6.26. The van der Waals surface area contributed by atoms with E-state index in [0.29, 0.717) is 16.7 Å². The second-order valence-corrected chi connectivity index (χ2v) is 4.51. The Kier molecular flexibility index (Phi) is 4.33. The van der Waals surface area contributed by atoms with Gasteiger partial charge in [-0.2, -0.15) is 0 Å². The zero-order chi connectivity index (χ0) is 13.0. The molecule has 6 nitrogen and oxygen atoms in total. The van der Waals surface area contributed by atoms with Crippen LogP contribution in [0.4, 0.5) is 5.82 Å². The number of rotatable bonds is 3. The van der Waals surface area contributed by atoms with Gasteiger partial charge in [-0.25, -0.2) is 9.97 Å². The molecule has 0 aliphatic carbocycles. The Morgan fingerprint density at radius 1 is 1.56 bits per heavy atom. The minimum absolute atomic E-state index is 0.0591. The molecule has 1 saturated heterocycles. The van der Waals surface area contributed by atoms with Gasteiger partial charge in [0.1, 0.15) is 16.7 Å². The fraction of sp³-hybridized carbons (Fsp3) is 0.545. The molecule has 1 aromatic rings. The second-order valence-electron chi connectivity index (χ2n) is 4.10. The van der Waals surface area contributed by atoms with Gasteiger partial charge in [0.15, 0.2) is 0 Å². The highest BCUT2D eigenvalue weighted by molar-refractivity contribution is 6.32. The van der Waals surface area contributed by atoms with Gasteiger partial charge in [-0.1, -0.05) is 11.6 Å². The van der Waals surface area contributed by atoms with Crippen LogP contribution in [0.5, 0.6) is 0 Å². The van der Waals surface area contributed by atoms with Crippen LogP contribution < -0.4 is 10.6 Å². The molecule has 2 rings (SSSR count). The number of aryl methyl sites for hydroxylation is 1. The molecule has 0 aromatic carbocycles. The maximum absolute atomic E-state index is 11.9. The quantitative estimate of drug-likeness (QED) is 0.825. The van der Waals surface area contributed by atoms with Crippen LogP contribution in [0.15, 0.2) is 6.20 Å². The lowest BCUT2D eigenvalue weighted by molar-refractivity contribution is -0.129. The van der Waals surface area contributed by atoms with Gasteiger partial charge in [-0.3, -0.25) is 4.79 Å². The third kappa shape index (κ3) is 3.30. The SMILES string of the molecule is Cc1ncc(Cl)c(NCC(=O)N2CCNCC2)n1. The predicted octanol–water partition coefficient (Wildman–Crippen LogP) is 0.282. The molecule has 0 saturated carbocycles. The van der Waals surface area contributed by atoms with E-state index in [1.807, 2.05) is 4.90 Å². The summed E-state index contributed by atoms with van der Waals surface area (Å²) in [6, 6.07) is 0. The van der Waals surface area contributed by atoms with Crippen LogP contribution >= 0.6 is 11.6 Å². The van der Waals surface area contributed by atoms with Gasteiger partial charge in [0.2, 0.25) is 5.91 Å². The lowest BCUT2D eigenvalue weighted by Gasteiger charge is -2.27. The van der Waals surface area contributed by atoms with Crippen molar-refractivity contribution < 1.29 is 4.79 Å². The number of hydrogen-bond acceptors (Lipinski definition) is 5. The molecule has 7 heteroatoms. The second kappa shape index (κ2) is 5.97. The molecule has 1 aromatic heterocycles. The Balaban J connectivity index is 1.90. The summed E-state index contributed by atoms with van der Waals surface area (Å²) < 4.78 is 0. The molecule has 2 N–H and O–H groups in total. The largest absolute Gasteiger partial charge is 0.360 e. The summed E-state index contributed by atoms with van der Waals surface area (Å²) in [5, 5.41) is 6.58. The Morgan fingerprint density at radius 2 is 2.28 bits per heavy atom. The van der Waals surface area contributed by atoms with E-state index in [2.05, 4.69) is 20.6 Å². The third-order valence-electron chi connectivity index (χ3n) is 2.74. The maximum atomic E-state index is 11.9. The molecule has 1 aliphatic rings. The topological polar surface area (TPSA) is 70.2 Å². The lowest BCUT2D eigenvalue weighted by atomic mass is 10.3. The minimum Gasteiger partial charge on any atom is -0.360 e. The lowest BCUT2D eigenvalue weighted by Crippen LogP contribution is -2.48. The smallest absolute Gasteiger partial charge is 0.242 e. The van der Waals surface area contributed by atoms with E-state index in [1.165, 1.54) is 6.20 Å². The van der Waals surface area contributed by atoms with E-state index >= 15 is 0 Å². The zero-order valence-corrected chi connectivity index (χ0v) is 11.0. The summed E-state index contributed by atoms with van der Waals surface area (Å²) >= 11 is 5.94. The van der Waals surface area contributed by atoms with Gasteiger partial charge >= 0.3 is 0 Å². The normalized spacial score (nSPS) is 15.6. The summed E-state index contributed by atoms with van der Waals surface area (Å²) in [5.41, 5.74) is 0. The highest BCUT2D eigenvalue weighted by Gasteiger charge is 2.16. The zero-order valence-electron chi connectivity index (χ0n) is 10.2. The van der Waals surface area contributed by atoms with Crippen LogP contribution in [0, 0.1) is 6.92 Å². The van der Waals surface area contributed by atoms with E-state index in [9.17, 15) is 4.79 Å². The number of carbonyl (C=O) groups is 1. The summed E-state index contributed by atoms with van der Waals surface area (Å²) in [5.74, 6) is 1.19. The van der Waals surface area contributed by atoms with Crippen molar-refractivity contribution in [2.45, 2.75) is 6.92 Å². The molecular weight excluding hydrogens is 254 g/mol. The third-order valence-corrected chi connectivity index (χ3v) is 3.02.